The summed E-state index contributed by atoms with van der Waals surface area (Å²) >= 11 is 1.41. The summed E-state index contributed by atoms with van der Waals surface area (Å²) in [7, 11) is 0. The molecule has 1 N–H and O–H groups in total. The van der Waals surface area contributed by atoms with Crippen molar-refractivity contribution in [2.24, 2.45) is 4.99 Å². The van der Waals surface area contributed by atoms with Crippen LogP contribution in [-0.2, 0) is 9.59 Å². The maximum Gasteiger partial charge on any atom is 0.242 e. The zero-order valence-electron chi connectivity index (χ0n) is 16.9. The molecular weight excluding hydrogens is 382 g/mol. The van der Waals surface area contributed by atoms with Crippen molar-refractivity contribution in [2.75, 3.05) is 5.32 Å². The fourth-order valence-electron chi connectivity index (χ4n) is 3.33. The van der Waals surface area contributed by atoms with Gasteiger partial charge in [-0.1, -0.05) is 41.6 Å². The molecule has 0 spiro atoms. The van der Waals surface area contributed by atoms with Crippen LogP contribution in [0, 0.1) is 20.8 Å². The molecule has 4 rings (SSSR count). The van der Waals surface area contributed by atoms with E-state index in [4.69, 9.17) is 4.99 Å². The number of carbonyl (C=O) groups is 2. The second kappa shape index (κ2) is 8.03. The number of thioether (sulfide) groups is 1. The summed E-state index contributed by atoms with van der Waals surface area (Å²) in [5.41, 5.74) is 4.90. The number of carbonyl (C=O) groups excluding carboxylic acids is 2. The molecule has 1 heterocycles. The number of aryl methyl sites for hydroxylation is 3. The van der Waals surface area contributed by atoms with E-state index in [1.165, 1.54) is 17.3 Å². The molecular formula is C23H25N3O2S. The van der Waals surface area contributed by atoms with Gasteiger partial charge in [-0.25, -0.2) is 4.99 Å². The van der Waals surface area contributed by atoms with E-state index in [0.29, 0.717) is 5.17 Å². The largest absolute Gasteiger partial charge is 0.326 e. The lowest BCUT2D eigenvalue weighted by atomic mass is 10.1. The highest BCUT2D eigenvalue weighted by Gasteiger charge is 2.46. The first-order valence-corrected chi connectivity index (χ1v) is 10.8. The fourth-order valence-corrected chi connectivity index (χ4v) is 4.55. The van der Waals surface area contributed by atoms with E-state index in [9.17, 15) is 9.59 Å². The van der Waals surface area contributed by atoms with Crippen LogP contribution in [0.25, 0.3) is 0 Å². The minimum absolute atomic E-state index is 0.000485. The Morgan fingerprint density at radius 3 is 2.48 bits per heavy atom. The number of benzene rings is 2. The maximum atomic E-state index is 13.0. The Balaban J connectivity index is 1.49. The van der Waals surface area contributed by atoms with Crippen LogP contribution in [0.4, 0.5) is 11.4 Å². The SMILES string of the molecule is Cc1ccc(N=C2S[C@@H](CC(=O)Nc3cc(C)ccc3C)C(=O)N2C2CC2)cc1. The summed E-state index contributed by atoms with van der Waals surface area (Å²) in [5.74, 6) is -0.142. The molecule has 1 aliphatic carbocycles. The molecule has 2 fully saturated rings. The summed E-state index contributed by atoms with van der Waals surface area (Å²) in [6.07, 6.45) is 2.15. The standard InChI is InChI=1S/C23H25N3O2S/c1-14-5-8-17(9-6-14)24-23-26(18-10-11-18)22(28)20(29-23)13-21(27)25-19-12-15(2)4-7-16(19)3/h4-9,12,18,20H,10-11,13H2,1-3H3,(H,25,27)/t20-/m0/s1. The summed E-state index contributed by atoms with van der Waals surface area (Å²) in [4.78, 5) is 32.2. The average molecular weight is 408 g/mol. The first-order chi connectivity index (χ1) is 13.9. The molecule has 0 bridgehead atoms. The minimum atomic E-state index is -0.426. The predicted octanol–water partition coefficient (Wildman–Crippen LogP) is 4.73. The first-order valence-electron chi connectivity index (χ1n) is 9.93. The van der Waals surface area contributed by atoms with Crippen LogP contribution in [0.15, 0.2) is 47.5 Å². The number of hydrogen-bond donors (Lipinski definition) is 1. The molecule has 2 aromatic rings. The number of nitrogens with zero attached hydrogens (tertiary/aromatic N) is 2. The number of amides is 2. The normalized spacial score (nSPS) is 20.4. The van der Waals surface area contributed by atoms with Gasteiger partial charge in [0.15, 0.2) is 5.17 Å². The van der Waals surface area contributed by atoms with Crippen molar-refractivity contribution in [1.82, 2.24) is 4.90 Å². The van der Waals surface area contributed by atoms with Crippen molar-refractivity contribution in [3.63, 3.8) is 0 Å². The van der Waals surface area contributed by atoms with Gasteiger partial charge < -0.3 is 5.32 Å². The third kappa shape index (κ3) is 4.53. The summed E-state index contributed by atoms with van der Waals surface area (Å²) < 4.78 is 0. The van der Waals surface area contributed by atoms with Crippen molar-refractivity contribution in [3.8, 4) is 0 Å². The minimum Gasteiger partial charge on any atom is -0.326 e. The van der Waals surface area contributed by atoms with Gasteiger partial charge in [0.1, 0.15) is 5.25 Å². The first kappa shape index (κ1) is 19.7. The van der Waals surface area contributed by atoms with Crippen LogP contribution in [0.1, 0.15) is 36.0 Å². The molecule has 2 aliphatic rings. The van der Waals surface area contributed by atoms with E-state index in [1.807, 2.05) is 63.2 Å². The molecule has 29 heavy (non-hydrogen) atoms. The summed E-state index contributed by atoms with van der Waals surface area (Å²) in [5, 5.41) is 3.25. The van der Waals surface area contributed by atoms with Gasteiger partial charge in [0.05, 0.1) is 5.69 Å². The van der Waals surface area contributed by atoms with Gasteiger partial charge in [-0.05, 0) is 62.9 Å². The van der Waals surface area contributed by atoms with Gasteiger partial charge in [-0.3, -0.25) is 14.5 Å². The molecule has 1 atom stereocenters. The van der Waals surface area contributed by atoms with Crippen LogP contribution < -0.4 is 5.32 Å². The van der Waals surface area contributed by atoms with Gasteiger partial charge in [0.2, 0.25) is 11.8 Å². The highest BCUT2D eigenvalue weighted by atomic mass is 32.2. The van der Waals surface area contributed by atoms with Crippen LogP contribution >= 0.6 is 11.8 Å². The Hall–Kier alpha value is -2.60. The zero-order valence-corrected chi connectivity index (χ0v) is 17.8. The predicted molar refractivity (Wildman–Crippen MR) is 119 cm³/mol. The Labute approximate surface area is 175 Å². The van der Waals surface area contributed by atoms with E-state index in [2.05, 4.69) is 5.32 Å². The highest BCUT2D eigenvalue weighted by molar-refractivity contribution is 8.15. The molecule has 1 saturated carbocycles. The van der Waals surface area contributed by atoms with Crippen LogP contribution in [0.5, 0.6) is 0 Å². The Morgan fingerprint density at radius 2 is 1.79 bits per heavy atom. The van der Waals surface area contributed by atoms with Crippen molar-refractivity contribution in [1.29, 1.82) is 0 Å². The lowest BCUT2D eigenvalue weighted by Gasteiger charge is -2.15. The lowest BCUT2D eigenvalue weighted by Crippen LogP contribution is -2.35. The summed E-state index contributed by atoms with van der Waals surface area (Å²) in [6, 6.07) is 14.1. The molecule has 6 heteroatoms. The average Bonchev–Trinajstić information content (AvgIpc) is 3.46. The monoisotopic (exact) mass is 407 g/mol. The Kier molecular flexibility index (Phi) is 5.46. The van der Waals surface area contributed by atoms with Crippen molar-refractivity contribution < 1.29 is 9.59 Å². The topological polar surface area (TPSA) is 61.8 Å². The van der Waals surface area contributed by atoms with E-state index < -0.39 is 5.25 Å². The number of hydrogen-bond acceptors (Lipinski definition) is 4. The van der Waals surface area contributed by atoms with Crippen molar-refractivity contribution >= 4 is 40.1 Å². The van der Waals surface area contributed by atoms with Gasteiger partial charge >= 0.3 is 0 Å². The number of rotatable bonds is 5. The number of aliphatic imine (C=N–C) groups is 1. The van der Waals surface area contributed by atoms with Gasteiger partial charge in [-0.2, -0.15) is 0 Å². The van der Waals surface area contributed by atoms with E-state index in [0.717, 1.165) is 35.3 Å². The Morgan fingerprint density at radius 1 is 1.10 bits per heavy atom. The maximum absolute atomic E-state index is 13.0. The van der Waals surface area contributed by atoms with Crippen LogP contribution in [-0.4, -0.2) is 33.2 Å². The molecule has 0 unspecified atom stereocenters. The third-order valence-electron chi connectivity index (χ3n) is 5.18. The third-order valence-corrected chi connectivity index (χ3v) is 6.33. The molecule has 0 radical (unpaired) electrons. The van der Waals surface area contributed by atoms with Crippen molar-refractivity contribution in [2.45, 2.75) is 51.3 Å². The molecule has 150 valence electrons. The molecule has 0 aromatic heterocycles. The molecule has 5 nitrogen and oxygen atoms in total. The van der Waals surface area contributed by atoms with Gasteiger partial charge in [-0.15, -0.1) is 0 Å². The molecule has 2 aromatic carbocycles. The second-order valence-corrected chi connectivity index (χ2v) is 9.02. The fraction of sp³-hybridized carbons (Fsp3) is 0.348. The van der Waals surface area contributed by atoms with Crippen molar-refractivity contribution in [3.05, 3.63) is 59.2 Å². The van der Waals surface area contributed by atoms with Crippen LogP contribution in [0.2, 0.25) is 0 Å². The zero-order chi connectivity index (χ0) is 20.5. The quantitative estimate of drug-likeness (QED) is 0.779. The number of anilines is 1. The van der Waals surface area contributed by atoms with E-state index >= 15 is 0 Å². The van der Waals surface area contributed by atoms with Gasteiger partial charge in [0, 0.05) is 18.2 Å². The van der Waals surface area contributed by atoms with E-state index in [1.54, 1.807) is 4.90 Å². The van der Waals surface area contributed by atoms with Crippen LogP contribution in [0.3, 0.4) is 0 Å². The van der Waals surface area contributed by atoms with E-state index in [-0.39, 0.29) is 24.3 Å². The lowest BCUT2D eigenvalue weighted by molar-refractivity contribution is -0.128. The second-order valence-electron chi connectivity index (χ2n) is 7.85. The smallest absolute Gasteiger partial charge is 0.242 e. The molecule has 2 amide bonds. The highest BCUT2D eigenvalue weighted by Crippen LogP contribution is 2.39. The Bertz CT molecular complexity index is 980. The number of amidine groups is 1. The number of nitrogens with one attached hydrogen (secondary N) is 1. The summed E-state index contributed by atoms with van der Waals surface area (Å²) in [6.45, 7) is 5.99. The van der Waals surface area contributed by atoms with Gasteiger partial charge in [0.25, 0.3) is 0 Å². The molecule has 1 aliphatic heterocycles. The molecule has 1 saturated heterocycles.